The number of nitrogens with one attached hydrogen (secondary N) is 1. The highest BCUT2D eigenvalue weighted by Crippen LogP contribution is 2.29. The Morgan fingerprint density at radius 2 is 1.77 bits per heavy atom. The molecule has 0 unspecified atom stereocenters. The van der Waals surface area contributed by atoms with E-state index in [2.05, 4.69) is 58.3 Å². The summed E-state index contributed by atoms with van der Waals surface area (Å²) in [5, 5.41) is 2.28. The minimum absolute atomic E-state index is 0.222. The summed E-state index contributed by atoms with van der Waals surface area (Å²) in [6, 6.07) is 14.9. The first-order valence-corrected chi connectivity index (χ1v) is 12.6. The Kier molecular flexibility index (Phi) is 8.23. The zero-order chi connectivity index (χ0) is 24.8. The third kappa shape index (κ3) is 6.31. The van der Waals surface area contributed by atoms with Gasteiger partial charge < -0.3 is 14.7 Å². The number of imide groups is 1. The minimum atomic E-state index is -0.496. The van der Waals surface area contributed by atoms with Crippen LogP contribution in [0.5, 0.6) is 0 Å². The molecule has 2 aromatic rings. The molecule has 2 aromatic carbocycles. The molecule has 8 heteroatoms. The van der Waals surface area contributed by atoms with Gasteiger partial charge in [0.25, 0.3) is 0 Å². The molecule has 2 fully saturated rings. The van der Waals surface area contributed by atoms with E-state index in [-0.39, 0.29) is 24.7 Å². The third-order valence-electron chi connectivity index (χ3n) is 7.16. The van der Waals surface area contributed by atoms with Crippen LogP contribution in [-0.2, 0) is 4.79 Å². The Labute approximate surface area is 207 Å². The van der Waals surface area contributed by atoms with Gasteiger partial charge in [0.05, 0.1) is 5.69 Å². The summed E-state index contributed by atoms with van der Waals surface area (Å²) in [6.07, 6.45) is 2.28. The number of likely N-dealkylation sites (N-methyl/N-ethyl adjacent to an activating group) is 2. The average molecular weight is 482 g/mol. The van der Waals surface area contributed by atoms with Gasteiger partial charge in [0, 0.05) is 64.1 Å². The molecule has 2 aliphatic rings. The van der Waals surface area contributed by atoms with Crippen molar-refractivity contribution < 1.29 is 14.0 Å². The number of benzene rings is 2. The number of carbonyl (C=O) groups excluding carboxylic acids is 2. The van der Waals surface area contributed by atoms with Crippen LogP contribution >= 0.6 is 0 Å². The normalized spacial score (nSPS) is 17.1. The standard InChI is InChI=1S/C27H36FN5O2/c1-3-31(18-17-30(2)22-7-5-4-6-8-22)20-21-11-14-32(15-12-21)25-10-9-23(19-24(25)28)33-16-13-26(34)29-27(33)35/h4-10,19,21H,3,11-18,20H2,1-2H3,(H,29,34,35). The number of rotatable bonds is 9. The van der Waals surface area contributed by atoms with E-state index in [1.165, 1.54) is 16.7 Å². The molecule has 1 N–H and O–H groups in total. The van der Waals surface area contributed by atoms with Crippen molar-refractivity contribution in [3.05, 3.63) is 54.3 Å². The van der Waals surface area contributed by atoms with E-state index in [0.717, 1.165) is 52.1 Å². The predicted molar refractivity (Wildman–Crippen MR) is 139 cm³/mol. The van der Waals surface area contributed by atoms with Gasteiger partial charge in [-0.15, -0.1) is 0 Å². The number of hydrogen-bond acceptors (Lipinski definition) is 5. The van der Waals surface area contributed by atoms with Gasteiger partial charge in [-0.05, 0) is 55.6 Å². The van der Waals surface area contributed by atoms with Gasteiger partial charge in [-0.1, -0.05) is 25.1 Å². The fourth-order valence-electron chi connectivity index (χ4n) is 4.93. The van der Waals surface area contributed by atoms with Crippen molar-refractivity contribution in [3.63, 3.8) is 0 Å². The zero-order valence-corrected chi connectivity index (χ0v) is 20.8. The molecule has 3 amide bonds. The lowest BCUT2D eigenvalue weighted by Crippen LogP contribution is -2.49. The van der Waals surface area contributed by atoms with E-state index in [1.807, 2.05) is 6.07 Å². The van der Waals surface area contributed by atoms with E-state index in [1.54, 1.807) is 12.1 Å². The average Bonchev–Trinajstić information content (AvgIpc) is 2.87. The summed E-state index contributed by atoms with van der Waals surface area (Å²) in [7, 11) is 2.14. The smallest absolute Gasteiger partial charge is 0.328 e. The van der Waals surface area contributed by atoms with Crippen LogP contribution < -0.4 is 20.0 Å². The zero-order valence-electron chi connectivity index (χ0n) is 20.8. The minimum Gasteiger partial charge on any atom is -0.373 e. The van der Waals surface area contributed by atoms with Crippen molar-refractivity contribution in [3.8, 4) is 0 Å². The van der Waals surface area contributed by atoms with Gasteiger partial charge in [-0.3, -0.25) is 15.0 Å². The van der Waals surface area contributed by atoms with Crippen molar-refractivity contribution in [2.45, 2.75) is 26.2 Å². The van der Waals surface area contributed by atoms with Crippen molar-refractivity contribution in [1.82, 2.24) is 10.2 Å². The van der Waals surface area contributed by atoms with E-state index in [0.29, 0.717) is 17.3 Å². The molecule has 2 aliphatic heterocycles. The quantitative estimate of drug-likeness (QED) is 0.588. The van der Waals surface area contributed by atoms with E-state index in [9.17, 15) is 14.0 Å². The summed E-state index contributed by atoms with van der Waals surface area (Å²) in [6.45, 7) is 8.22. The van der Waals surface area contributed by atoms with E-state index in [4.69, 9.17) is 0 Å². The van der Waals surface area contributed by atoms with Crippen LogP contribution in [0.3, 0.4) is 0 Å². The van der Waals surface area contributed by atoms with Gasteiger partial charge >= 0.3 is 6.03 Å². The van der Waals surface area contributed by atoms with Gasteiger partial charge in [0.1, 0.15) is 5.82 Å². The number of carbonyl (C=O) groups is 2. The van der Waals surface area contributed by atoms with Crippen LogP contribution in [0.4, 0.5) is 26.2 Å². The second-order valence-corrected chi connectivity index (χ2v) is 9.47. The van der Waals surface area contributed by atoms with Gasteiger partial charge in [-0.25, -0.2) is 9.18 Å². The molecule has 7 nitrogen and oxygen atoms in total. The number of nitrogens with zero attached hydrogens (tertiary/aromatic N) is 4. The number of amides is 3. The first-order valence-electron chi connectivity index (χ1n) is 12.6. The summed E-state index contributed by atoms with van der Waals surface area (Å²) in [5.41, 5.74) is 2.29. The molecular weight excluding hydrogens is 445 g/mol. The van der Waals surface area contributed by atoms with Gasteiger partial charge in [-0.2, -0.15) is 0 Å². The summed E-state index contributed by atoms with van der Waals surface area (Å²) >= 11 is 0. The van der Waals surface area contributed by atoms with Crippen LogP contribution in [-0.4, -0.2) is 69.7 Å². The monoisotopic (exact) mass is 481 g/mol. The number of urea groups is 1. The molecule has 0 aliphatic carbocycles. The lowest BCUT2D eigenvalue weighted by Gasteiger charge is -2.36. The summed E-state index contributed by atoms with van der Waals surface area (Å²) < 4.78 is 15.0. The maximum atomic E-state index is 15.0. The first kappa shape index (κ1) is 25.0. The van der Waals surface area contributed by atoms with Crippen LogP contribution in [0.25, 0.3) is 0 Å². The summed E-state index contributed by atoms with van der Waals surface area (Å²) in [5.74, 6) is -0.0222. The Morgan fingerprint density at radius 3 is 2.43 bits per heavy atom. The molecule has 0 radical (unpaired) electrons. The van der Waals surface area contributed by atoms with Crippen molar-refractivity contribution in [1.29, 1.82) is 0 Å². The largest absolute Gasteiger partial charge is 0.373 e. The lowest BCUT2D eigenvalue weighted by atomic mass is 9.95. The number of para-hydroxylation sites is 1. The molecule has 2 heterocycles. The number of halogens is 1. The molecule has 2 saturated heterocycles. The number of piperidine rings is 1. The molecule has 35 heavy (non-hydrogen) atoms. The van der Waals surface area contributed by atoms with Crippen LogP contribution in [0.1, 0.15) is 26.2 Å². The van der Waals surface area contributed by atoms with Crippen molar-refractivity contribution in [2.24, 2.45) is 5.92 Å². The summed E-state index contributed by atoms with van der Waals surface area (Å²) in [4.78, 5) is 31.8. The number of hydrogen-bond donors (Lipinski definition) is 1. The second-order valence-electron chi connectivity index (χ2n) is 9.47. The highest BCUT2D eigenvalue weighted by molar-refractivity contribution is 6.05. The third-order valence-corrected chi connectivity index (χ3v) is 7.16. The molecule has 0 spiro atoms. The first-order chi connectivity index (χ1) is 16.9. The van der Waals surface area contributed by atoms with Crippen molar-refractivity contribution in [2.75, 3.05) is 67.6 Å². The SMILES string of the molecule is CCN(CCN(C)c1ccccc1)CC1CCN(c2ccc(N3CCC(=O)NC3=O)cc2F)CC1. The fourth-order valence-corrected chi connectivity index (χ4v) is 4.93. The number of anilines is 3. The van der Waals surface area contributed by atoms with Crippen LogP contribution in [0.2, 0.25) is 0 Å². The Hall–Kier alpha value is -3.13. The Bertz CT molecular complexity index is 1010. The molecular formula is C27H36FN5O2. The Balaban J connectivity index is 1.27. The highest BCUT2D eigenvalue weighted by atomic mass is 19.1. The molecule has 4 rings (SSSR count). The molecule has 0 atom stereocenters. The topological polar surface area (TPSA) is 59.1 Å². The second kappa shape index (κ2) is 11.5. The van der Waals surface area contributed by atoms with E-state index < -0.39 is 6.03 Å². The van der Waals surface area contributed by atoms with Crippen molar-refractivity contribution >= 4 is 29.0 Å². The molecule has 0 saturated carbocycles. The van der Waals surface area contributed by atoms with Gasteiger partial charge in [0.2, 0.25) is 5.91 Å². The fraction of sp³-hybridized carbons (Fsp3) is 0.481. The lowest BCUT2D eigenvalue weighted by molar-refractivity contribution is -0.120. The van der Waals surface area contributed by atoms with Crippen LogP contribution in [0, 0.1) is 11.7 Å². The molecule has 0 bridgehead atoms. The highest BCUT2D eigenvalue weighted by Gasteiger charge is 2.27. The Morgan fingerprint density at radius 1 is 1.03 bits per heavy atom. The van der Waals surface area contributed by atoms with E-state index >= 15 is 0 Å². The molecule has 0 aromatic heterocycles. The molecule has 188 valence electrons. The maximum absolute atomic E-state index is 15.0. The maximum Gasteiger partial charge on any atom is 0.328 e. The predicted octanol–water partition coefficient (Wildman–Crippen LogP) is 3.95. The van der Waals surface area contributed by atoms with Crippen LogP contribution in [0.15, 0.2) is 48.5 Å². The van der Waals surface area contributed by atoms with Gasteiger partial charge in [0.15, 0.2) is 0 Å².